The number of benzene rings is 1. The van der Waals surface area contributed by atoms with E-state index in [2.05, 4.69) is 15.5 Å². The van der Waals surface area contributed by atoms with Crippen molar-refractivity contribution in [1.82, 2.24) is 24.3 Å². The van der Waals surface area contributed by atoms with Gasteiger partial charge in [-0.25, -0.2) is 13.4 Å². The second-order valence-corrected chi connectivity index (χ2v) is 10.3. The number of aromatic nitrogens is 3. The van der Waals surface area contributed by atoms with Crippen molar-refractivity contribution in [2.45, 2.75) is 37.6 Å². The molecule has 11 heteroatoms. The van der Waals surface area contributed by atoms with E-state index in [1.54, 1.807) is 27.2 Å². The van der Waals surface area contributed by atoms with Crippen LogP contribution in [0.5, 0.6) is 5.75 Å². The highest BCUT2D eigenvalue weighted by Crippen LogP contribution is 2.29. The summed E-state index contributed by atoms with van der Waals surface area (Å²) in [6, 6.07) is 6.93. The number of ether oxygens (including phenoxy) is 1. The average Bonchev–Trinajstić information content (AvgIpc) is 3.42. The topological polar surface area (TPSA) is 120 Å². The average molecular weight is 488 g/mol. The first-order valence-electron chi connectivity index (χ1n) is 11.1. The fraction of sp³-hybridized carbons (Fsp3) is 0.435. The summed E-state index contributed by atoms with van der Waals surface area (Å²) in [4.78, 5) is 17.9. The van der Waals surface area contributed by atoms with Crippen LogP contribution in [0.1, 0.15) is 41.7 Å². The molecular weight excluding hydrogens is 458 g/mol. The fourth-order valence-electron chi connectivity index (χ4n) is 4.36. The Kier molecular flexibility index (Phi) is 6.76. The Balaban J connectivity index is 1.56. The molecule has 34 heavy (non-hydrogen) atoms. The molecule has 1 aliphatic heterocycles. The molecular formula is C23H29N5O5S. The molecule has 3 heterocycles. The highest BCUT2D eigenvalue weighted by molar-refractivity contribution is 7.89. The van der Waals surface area contributed by atoms with Crippen LogP contribution in [0.15, 0.2) is 46.1 Å². The van der Waals surface area contributed by atoms with E-state index in [1.165, 1.54) is 4.31 Å². The zero-order valence-corrected chi connectivity index (χ0v) is 20.5. The van der Waals surface area contributed by atoms with Gasteiger partial charge in [0.1, 0.15) is 28.2 Å². The Bertz CT molecular complexity index is 1250. The largest absolute Gasteiger partial charge is 0.497 e. The summed E-state index contributed by atoms with van der Waals surface area (Å²) in [6.45, 7) is 3.61. The minimum Gasteiger partial charge on any atom is -0.497 e. The lowest BCUT2D eigenvalue weighted by Gasteiger charge is -2.32. The number of hydrogen-bond donors (Lipinski definition) is 1. The van der Waals surface area contributed by atoms with Gasteiger partial charge in [0.25, 0.3) is 0 Å². The molecule has 182 valence electrons. The first-order chi connectivity index (χ1) is 16.2. The summed E-state index contributed by atoms with van der Waals surface area (Å²) in [7, 11) is -0.358. The number of amides is 1. The predicted molar refractivity (Wildman–Crippen MR) is 124 cm³/mol. The number of rotatable bonds is 7. The van der Waals surface area contributed by atoms with Gasteiger partial charge in [-0.3, -0.25) is 4.79 Å². The smallest absolute Gasteiger partial charge is 0.248 e. The van der Waals surface area contributed by atoms with Crippen molar-refractivity contribution in [2.24, 2.45) is 13.0 Å². The lowest BCUT2D eigenvalue weighted by molar-refractivity contribution is -0.126. The third-order valence-electron chi connectivity index (χ3n) is 6.17. The molecule has 0 unspecified atom stereocenters. The molecule has 1 aliphatic rings. The van der Waals surface area contributed by atoms with Gasteiger partial charge in [0.15, 0.2) is 5.76 Å². The molecule has 1 N–H and O–H groups in total. The second kappa shape index (κ2) is 9.59. The molecule has 3 aromatic rings. The van der Waals surface area contributed by atoms with E-state index < -0.39 is 22.0 Å². The van der Waals surface area contributed by atoms with Crippen molar-refractivity contribution < 1.29 is 22.5 Å². The van der Waals surface area contributed by atoms with Crippen LogP contribution in [0.3, 0.4) is 0 Å². The van der Waals surface area contributed by atoms with E-state index in [0.717, 1.165) is 5.56 Å². The molecule has 2 aromatic heterocycles. The normalized spacial score (nSPS) is 17.9. The quantitative estimate of drug-likeness (QED) is 0.543. The lowest BCUT2D eigenvalue weighted by Crippen LogP contribution is -2.46. The maximum Gasteiger partial charge on any atom is 0.248 e. The summed E-state index contributed by atoms with van der Waals surface area (Å²) in [5.41, 5.74) is 1.16. The Morgan fingerprint density at radius 1 is 1.26 bits per heavy atom. The van der Waals surface area contributed by atoms with Crippen molar-refractivity contribution in [3.8, 4) is 5.75 Å². The van der Waals surface area contributed by atoms with Crippen LogP contribution in [-0.4, -0.2) is 53.5 Å². The molecule has 2 atom stereocenters. The molecule has 10 nitrogen and oxygen atoms in total. The van der Waals surface area contributed by atoms with E-state index in [1.807, 2.05) is 42.1 Å². The van der Waals surface area contributed by atoms with Crippen molar-refractivity contribution in [3.05, 3.63) is 59.5 Å². The number of aryl methyl sites for hydroxylation is 3. The van der Waals surface area contributed by atoms with E-state index in [-0.39, 0.29) is 23.1 Å². The molecule has 0 spiro atoms. The fourth-order valence-corrected chi connectivity index (χ4v) is 6.17. The van der Waals surface area contributed by atoms with Crippen LogP contribution in [-0.2, 0) is 21.9 Å². The molecule has 0 radical (unpaired) electrons. The molecule has 4 rings (SSSR count). The number of carbonyl (C=O) groups is 1. The molecule has 0 saturated carbocycles. The molecule has 1 fully saturated rings. The molecule has 1 aromatic carbocycles. The van der Waals surface area contributed by atoms with Crippen LogP contribution in [0, 0.1) is 19.8 Å². The van der Waals surface area contributed by atoms with Gasteiger partial charge in [0.2, 0.25) is 15.9 Å². The van der Waals surface area contributed by atoms with Gasteiger partial charge in [-0.1, -0.05) is 17.3 Å². The van der Waals surface area contributed by atoms with E-state index in [4.69, 9.17) is 9.26 Å². The summed E-state index contributed by atoms with van der Waals surface area (Å²) in [5.74, 6) is 0.918. The van der Waals surface area contributed by atoms with Crippen LogP contribution in [0.2, 0.25) is 0 Å². The summed E-state index contributed by atoms with van der Waals surface area (Å²) in [6.07, 6.45) is 4.67. The highest BCUT2D eigenvalue weighted by atomic mass is 32.2. The predicted octanol–water partition coefficient (Wildman–Crippen LogP) is 2.34. The SMILES string of the molecule is COc1ccc([C@H](NC(=O)[C@@H]2CCCN(S(=O)(=O)c3c(C)noc3C)C2)c2nccn2C)cc1. The van der Waals surface area contributed by atoms with Crippen LogP contribution in [0.25, 0.3) is 0 Å². The van der Waals surface area contributed by atoms with Gasteiger partial charge in [0.05, 0.1) is 13.0 Å². The first-order valence-corrected chi connectivity index (χ1v) is 12.5. The number of nitrogens with zero attached hydrogens (tertiary/aromatic N) is 4. The monoisotopic (exact) mass is 487 g/mol. The number of methoxy groups -OCH3 is 1. The van der Waals surface area contributed by atoms with Crippen molar-refractivity contribution in [2.75, 3.05) is 20.2 Å². The van der Waals surface area contributed by atoms with Crippen molar-refractivity contribution in [3.63, 3.8) is 0 Å². The molecule has 1 saturated heterocycles. The van der Waals surface area contributed by atoms with Gasteiger partial charge in [-0.05, 0) is 44.4 Å². The summed E-state index contributed by atoms with van der Waals surface area (Å²) >= 11 is 0. The highest BCUT2D eigenvalue weighted by Gasteiger charge is 2.37. The Labute approximate surface area is 199 Å². The molecule has 1 amide bonds. The van der Waals surface area contributed by atoms with Crippen LogP contribution < -0.4 is 10.1 Å². The van der Waals surface area contributed by atoms with Crippen molar-refractivity contribution in [1.29, 1.82) is 0 Å². The second-order valence-electron chi connectivity index (χ2n) is 8.47. The van der Waals surface area contributed by atoms with Crippen molar-refractivity contribution >= 4 is 15.9 Å². The van der Waals surface area contributed by atoms with E-state index in [0.29, 0.717) is 36.7 Å². The van der Waals surface area contributed by atoms with Gasteiger partial charge in [0, 0.05) is 32.5 Å². The van der Waals surface area contributed by atoms with Crippen LogP contribution >= 0.6 is 0 Å². The third kappa shape index (κ3) is 4.58. The number of piperidine rings is 1. The first kappa shape index (κ1) is 24.0. The van der Waals surface area contributed by atoms with E-state index >= 15 is 0 Å². The van der Waals surface area contributed by atoms with E-state index in [9.17, 15) is 13.2 Å². The maximum atomic E-state index is 13.4. The number of nitrogens with one attached hydrogen (secondary N) is 1. The Morgan fingerprint density at radius 3 is 2.59 bits per heavy atom. The Hall–Kier alpha value is -3.18. The molecule has 0 aliphatic carbocycles. The zero-order valence-electron chi connectivity index (χ0n) is 19.7. The minimum atomic E-state index is -3.82. The minimum absolute atomic E-state index is 0.0812. The lowest BCUT2D eigenvalue weighted by atomic mass is 9.97. The number of carbonyl (C=O) groups excluding carboxylic acids is 1. The van der Waals surface area contributed by atoms with Crippen LogP contribution in [0.4, 0.5) is 0 Å². The van der Waals surface area contributed by atoms with Gasteiger partial charge < -0.3 is 19.1 Å². The third-order valence-corrected chi connectivity index (χ3v) is 8.28. The zero-order chi connectivity index (χ0) is 24.5. The number of sulfonamides is 1. The van der Waals surface area contributed by atoms with Gasteiger partial charge >= 0.3 is 0 Å². The van der Waals surface area contributed by atoms with Gasteiger partial charge in [-0.2, -0.15) is 4.31 Å². The number of imidazole rings is 1. The maximum absolute atomic E-state index is 13.4. The standard InChI is InChI=1S/C23H29N5O5S/c1-15-21(16(2)33-26-15)34(30,31)28-12-5-6-18(14-28)23(29)25-20(22-24-11-13-27(22)3)17-7-9-19(32-4)10-8-17/h7-11,13,18,20H,5-6,12,14H2,1-4H3,(H,25,29)/t18-,20+/m1/s1. The molecule has 0 bridgehead atoms. The van der Waals surface area contributed by atoms with Gasteiger partial charge in [-0.15, -0.1) is 0 Å². The summed E-state index contributed by atoms with van der Waals surface area (Å²) in [5, 5.41) is 6.87. The number of hydrogen-bond acceptors (Lipinski definition) is 7. The summed E-state index contributed by atoms with van der Waals surface area (Å²) < 4.78 is 40.0. The Morgan fingerprint density at radius 2 is 2.00 bits per heavy atom.